The molecule has 2 heterocycles. The topological polar surface area (TPSA) is 70.3 Å². The van der Waals surface area contributed by atoms with E-state index in [0.29, 0.717) is 11.6 Å². The summed E-state index contributed by atoms with van der Waals surface area (Å²) in [6.45, 7) is 3.71. The summed E-state index contributed by atoms with van der Waals surface area (Å²) in [6.07, 6.45) is 0. The van der Waals surface area contributed by atoms with Crippen molar-refractivity contribution in [1.82, 2.24) is 25.1 Å². The molecule has 0 saturated carbocycles. The second-order valence-electron chi connectivity index (χ2n) is 8.31. The summed E-state index contributed by atoms with van der Waals surface area (Å²) in [4.78, 5) is 4.67. The van der Waals surface area contributed by atoms with E-state index in [9.17, 15) is 9.50 Å². The van der Waals surface area contributed by atoms with Gasteiger partial charge in [-0.15, -0.1) is 5.10 Å². The molecule has 0 spiro atoms. The fourth-order valence-electron chi connectivity index (χ4n) is 4.35. The van der Waals surface area contributed by atoms with Gasteiger partial charge in [0.1, 0.15) is 11.6 Å². The zero-order chi connectivity index (χ0) is 23.5. The molecule has 0 unspecified atom stereocenters. The summed E-state index contributed by atoms with van der Waals surface area (Å²) in [5.41, 5.74) is 3.06. The van der Waals surface area contributed by atoms with Gasteiger partial charge in [0, 0.05) is 36.9 Å². The third-order valence-electron chi connectivity index (χ3n) is 6.13. The van der Waals surface area contributed by atoms with Crippen LogP contribution in [0.25, 0.3) is 0 Å². The third-order valence-corrected chi connectivity index (χ3v) is 6.38. The van der Waals surface area contributed by atoms with Crippen molar-refractivity contribution in [3.05, 3.63) is 101 Å². The summed E-state index contributed by atoms with van der Waals surface area (Å²) in [5.74, 6) is 0.717. The minimum Gasteiger partial charge on any atom is -0.508 e. The van der Waals surface area contributed by atoms with Crippen molar-refractivity contribution in [3.63, 3.8) is 0 Å². The van der Waals surface area contributed by atoms with Gasteiger partial charge in [0.2, 0.25) is 0 Å². The predicted molar refractivity (Wildman–Crippen MR) is 129 cm³/mol. The lowest BCUT2D eigenvalue weighted by Crippen LogP contribution is -2.48. The number of tetrazole rings is 1. The van der Waals surface area contributed by atoms with Gasteiger partial charge in [-0.05, 0) is 70.1 Å². The Kier molecular flexibility index (Phi) is 6.42. The number of aromatic nitrogens is 4. The van der Waals surface area contributed by atoms with Crippen LogP contribution < -0.4 is 4.90 Å². The van der Waals surface area contributed by atoms with Crippen molar-refractivity contribution in [2.24, 2.45) is 0 Å². The summed E-state index contributed by atoms with van der Waals surface area (Å²) >= 11 is 6.16. The van der Waals surface area contributed by atoms with Gasteiger partial charge in [-0.3, -0.25) is 4.90 Å². The first kappa shape index (κ1) is 22.3. The third kappa shape index (κ3) is 4.88. The molecule has 1 aliphatic rings. The highest BCUT2D eigenvalue weighted by atomic mass is 35.5. The molecule has 1 saturated heterocycles. The number of halogens is 2. The minimum absolute atomic E-state index is 0.158. The van der Waals surface area contributed by atoms with Crippen molar-refractivity contribution >= 4 is 17.3 Å². The van der Waals surface area contributed by atoms with Crippen molar-refractivity contribution in [1.29, 1.82) is 0 Å². The first-order valence-corrected chi connectivity index (χ1v) is 11.5. The van der Waals surface area contributed by atoms with E-state index < -0.39 is 0 Å². The van der Waals surface area contributed by atoms with E-state index in [2.05, 4.69) is 25.3 Å². The summed E-state index contributed by atoms with van der Waals surface area (Å²) in [5, 5.41) is 22.9. The lowest BCUT2D eigenvalue weighted by atomic mass is 10.0. The van der Waals surface area contributed by atoms with E-state index in [0.717, 1.165) is 48.8 Å². The Balaban J connectivity index is 1.41. The Morgan fingerprint density at radius 3 is 2.24 bits per heavy atom. The van der Waals surface area contributed by atoms with Crippen LogP contribution in [0.1, 0.15) is 23.0 Å². The van der Waals surface area contributed by atoms with Crippen molar-refractivity contribution < 1.29 is 9.50 Å². The number of benzene rings is 3. The molecule has 9 heteroatoms. The van der Waals surface area contributed by atoms with E-state index >= 15 is 0 Å². The lowest BCUT2D eigenvalue weighted by molar-refractivity contribution is 0.201. The van der Waals surface area contributed by atoms with Gasteiger partial charge in [0.15, 0.2) is 5.82 Å². The normalized spacial score (nSPS) is 15.4. The van der Waals surface area contributed by atoms with Gasteiger partial charge in [-0.1, -0.05) is 35.9 Å². The number of phenols is 1. The highest BCUT2D eigenvalue weighted by Crippen LogP contribution is 2.30. The Bertz CT molecular complexity index is 1220. The number of anilines is 1. The highest BCUT2D eigenvalue weighted by molar-refractivity contribution is 6.30. The number of piperazine rings is 1. The SMILES string of the molecule is Oc1ccc(N2CCN([C@@H](c3ccc(Cl)cc3)c3nnnn3Cc3ccc(F)cc3)CC2)cc1. The zero-order valence-electron chi connectivity index (χ0n) is 18.4. The van der Waals surface area contributed by atoms with Crippen LogP contribution in [-0.4, -0.2) is 56.4 Å². The molecule has 174 valence electrons. The molecule has 1 aromatic heterocycles. The highest BCUT2D eigenvalue weighted by Gasteiger charge is 2.30. The quantitative estimate of drug-likeness (QED) is 0.449. The maximum absolute atomic E-state index is 13.4. The van der Waals surface area contributed by atoms with Crippen LogP contribution in [0.4, 0.5) is 10.1 Å². The van der Waals surface area contributed by atoms with Crippen LogP contribution in [0.15, 0.2) is 72.8 Å². The molecule has 0 radical (unpaired) electrons. The van der Waals surface area contributed by atoms with E-state index in [1.165, 1.54) is 12.1 Å². The first-order chi connectivity index (χ1) is 16.6. The molecule has 0 bridgehead atoms. The van der Waals surface area contributed by atoms with Crippen molar-refractivity contribution in [3.8, 4) is 5.75 Å². The largest absolute Gasteiger partial charge is 0.508 e. The standard InChI is InChI=1S/C25H24ClFN6O/c26-20-5-3-19(4-6-20)24(25-28-29-30-33(25)17-18-1-7-21(27)8-2-18)32-15-13-31(14-16-32)22-9-11-23(34)12-10-22/h1-12,24,34H,13-17H2/t24-/m0/s1. The number of rotatable bonds is 6. The van der Waals surface area contributed by atoms with Crippen LogP contribution in [0.2, 0.25) is 5.02 Å². The Hall–Kier alpha value is -3.49. The number of aromatic hydroxyl groups is 1. The molecule has 3 aromatic carbocycles. The summed E-state index contributed by atoms with van der Waals surface area (Å²) in [7, 11) is 0. The Labute approximate surface area is 202 Å². The molecule has 4 aromatic rings. The van der Waals surface area contributed by atoms with Gasteiger partial charge in [-0.25, -0.2) is 9.07 Å². The number of hydrogen-bond acceptors (Lipinski definition) is 6. The maximum Gasteiger partial charge on any atom is 0.173 e. The molecule has 34 heavy (non-hydrogen) atoms. The van der Waals surface area contributed by atoms with E-state index in [1.807, 2.05) is 36.4 Å². The van der Waals surface area contributed by atoms with Gasteiger partial charge >= 0.3 is 0 Å². The van der Waals surface area contributed by atoms with Crippen LogP contribution in [-0.2, 0) is 6.54 Å². The van der Waals surface area contributed by atoms with E-state index in [4.69, 9.17) is 11.6 Å². The molecule has 0 amide bonds. The molecule has 1 fully saturated rings. The van der Waals surface area contributed by atoms with E-state index in [1.54, 1.807) is 28.9 Å². The predicted octanol–water partition coefficient (Wildman–Crippen LogP) is 4.13. The van der Waals surface area contributed by atoms with Crippen LogP contribution in [0.5, 0.6) is 5.75 Å². The Morgan fingerprint density at radius 2 is 1.56 bits per heavy atom. The van der Waals surface area contributed by atoms with Gasteiger partial charge in [-0.2, -0.15) is 0 Å². The summed E-state index contributed by atoms with van der Waals surface area (Å²) < 4.78 is 15.1. The van der Waals surface area contributed by atoms with Gasteiger partial charge < -0.3 is 10.0 Å². The molecule has 1 aliphatic heterocycles. The lowest BCUT2D eigenvalue weighted by Gasteiger charge is -2.40. The second-order valence-corrected chi connectivity index (χ2v) is 8.75. The molecule has 7 nitrogen and oxygen atoms in total. The second kappa shape index (κ2) is 9.79. The van der Waals surface area contributed by atoms with Gasteiger partial charge in [0.05, 0.1) is 12.6 Å². The molecule has 1 atom stereocenters. The smallest absolute Gasteiger partial charge is 0.173 e. The molecule has 0 aliphatic carbocycles. The van der Waals surface area contributed by atoms with Crippen molar-refractivity contribution in [2.75, 3.05) is 31.1 Å². The van der Waals surface area contributed by atoms with Crippen LogP contribution in [0.3, 0.4) is 0 Å². The molecular formula is C25H24ClFN6O. The molecule has 5 rings (SSSR count). The van der Waals surface area contributed by atoms with Crippen LogP contribution in [0, 0.1) is 5.82 Å². The van der Waals surface area contributed by atoms with Crippen LogP contribution >= 0.6 is 11.6 Å². The number of phenolic OH excluding ortho intramolecular Hbond substituents is 1. The fraction of sp³-hybridized carbons (Fsp3) is 0.240. The monoisotopic (exact) mass is 478 g/mol. The maximum atomic E-state index is 13.4. The molecule has 1 N–H and O–H groups in total. The molecular weight excluding hydrogens is 455 g/mol. The Morgan fingerprint density at radius 1 is 0.882 bits per heavy atom. The van der Waals surface area contributed by atoms with Gasteiger partial charge in [0.25, 0.3) is 0 Å². The minimum atomic E-state index is -0.272. The first-order valence-electron chi connectivity index (χ1n) is 11.1. The zero-order valence-corrected chi connectivity index (χ0v) is 19.2. The summed E-state index contributed by atoms with van der Waals surface area (Å²) in [6, 6.07) is 21.3. The number of hydrogen-bond donors (Lipinski definition) is 1. The van der Waals surface area contributed by atoms with Crippen molar-refractivity contribution in [2.45, 2.75) is 12.6 Å². The average Bonchev–Trinajstić information content (AvgIpc) is 3.30. The van der Waals surface area contributed by atoms with E-state index in [-0.39, 0.29) is 17.6 Å². The fourth-order valence-corrected chi connectivity index (χ4v) is 4.48. The number of nitrogens with zero attached hydrogens (tertiary/aromatic N) is 6. The average molecular weight is 479 g/mol.